The van der Waals surface area contributed by atoms with Crippen LogP contribution in [0.25, 0.3) is 0 Å². The van der Waals surface area contributed by atoms with Gasteiger partial charge in [0, 0.05) is 19.3 Å². The van der Waals surface area contributed by atoms with Crippen molar-refractivity contribution in [2.24, 2.45) is 5.92 Å². The van der Waals surface area contributed by atoms with Crippen molar-refractivity contribution in [1.29, 1.82) is 0 Å². The fourth-order valence-corrected chi connectivity index (χ4v) is 4.91. The molecule has 1 aromatic heterocycles. The predicted octanol–water partition coefficient (Wildman–Crippen LogP) is 2.93. The summed E-state index contributed by atoms with van der Waals surface area (Å²) in [6.45, 7) is 7.46. The summed E-state index contributed by atoms with van der Waals surface area (Å²) in [7, 11) is -3.75. The SMILES string of the molecule is Cc1ccc(C)c(Cn2cccc(S(=O)(=O)N3CCC(C)CC3)c2=O)c1. The van der Waals surface area contributed by atoms with Gasteiger partial charge in [0.15, 0.2) is 0 Å². The highest BCUT2D eigenvalue weighted by Gasteiger charge is 2.30. The van der Waals surface area contributed by atoms with Crippen molar-refractivity contribution >= 4 is 10.0 Å². The number of aryl methyl sites for hydroxylation is 2. The Hall–Kier alpha value is -1.92. The first-order chi connectivity index (χ1) is 12.3. The van der Waals surface area contributed by atoms with Crippen LogP contribution in [0.3, 0.4) is 0 Å². The molecule has 0 atom stereocenters. The molecule has 6 heteroatoms. The summed E-state index contributed by atoms with van der Waals surface area (Å²) in [5, 5.41) is 0. The molecule has 2 heterocycles. The summed E-state index contributed by atoms with van der Waals surface area (Å²) < 4.78 is 28.8. The van der Waals surface area contributed by atoms with E-state index in [2.05, 4.69) is 6.92 Å². The zero-order valence-corrected chi connectivity index (χ0v) is 16.4. The first-order valence-corrected chi connectivity index (χ1v) is 10.5. The van der Waals surface area contributed by atoms with Crippen molar-refractivity contribution in [3.05, 3.63) is 63.6 Å². The van der Waals surface area contributed by atoms with E-state index in [4.69, 9.17) is 0 Å². The van der Waals surface area contributed by atoms with Gasteiger partial charge in [-0.15, -0.1) is 0 Å². The molecule has 5 nitrogen and oxygen atoms in total. The minimum atomic E-state index is -3.75. The van der Waals surface area contributed by atoms with Gasteiger partial charge in [-0.05, 0) is 55.9 Å². The first kappa shape index (κ1) is 18.9. The average molecular weight is 375 g/mol. The van der Waals surface area contributed by atoms with Crippen molar-refractivity contribution in [2.45, 2.75) is 45.1 Å². The van der Waals surface area contributed by atoms with Gasteiger partial charge < -0.3 is 4.57 Å². The van der Waals surface area contributed by atoms with Gasteiger partial charge in [0.2, 0.25) is 10.0 Å². The monoisotopic (exact) mass is 374 g/mol. The molecule has 0 aliphatic carbocycles. The molecule has 0 saturated carbocycles. The highest BCUT2D eigenvalue weighted by atomic mass is 32.2. The lowest BCUT2D eigenvalue weighted by molar-refractivity contribution is 0.287. The van der Waals surface area contributed by atoms with Crippen LogP contribution in [0.5, 0.6) is 0 Å². The van der Waals surface area contributed by atoms with E-state index in [1.165, 1.54) is 14.9 Å². The van der Waals surface area contributed by atoms with Crippen molar-refractivity contribution in [1.82, 2.24) is 8.87 Å². The fourth-order valence-electron chi connectivity index (χ4n) is 3.35. The van der Waals surface area contributed by atoms with Crippen LogP contribution in [-0.4, -0.2) is 30.4 Å². The second kappa shape index (κ2) is 7.37. The van der Waals surface area contributed by atoms with Crippen LogP contribution in [-0.2, 0) is 16.6 Å². The van der Waals surface area contributed by atoms with Crippen molar-refractivity contribution in [2.75, 3.05) is 13.1 Å². The molecule has 2 aromatic rings. The van der Waals surface area contributed by atoms with Gasteiger partial charge in [0.25, 0.3) is 5.56 Å². The van der Waals surface area contributed by atoms with Crippen LogP contribution in [0.1, 0.15) is 36.5 Å². The average Bonchev–Trinajstić information content (AvgIpc) is 2.60. The molecule has 0 radical (unpaired) electrons. The Balaban J connectivity index is 1.94. The minimum absolute atomic E-state index is 0.125. The smallest absolute Gasteiger partial charge is 0.271 e. The number of hydrogen-bond acceptors (Lipinski definition) is 3. The van der Waals surface area contributed by atoms with Gasteiger partial charge in [-0.3, -0.25) is 4.79 Å². The van der Waals surface area contributed by atoms with E-state index in [9.17, 15) is 13.2 Å². The summed E-state index contributed by atoms with van der Waals surface area (Å²) in [6, 6.07) is 9.15. The number of rotatable bonds is 4. The summed E-state index contributed by atoms with van der Waals surface area (Å²) in [5.41, 5.74) is 2.77. The lowest BCUT2D eigenvalue weighted by atomic mass is 10.0. The maximum atomic E-state index is 13.0. The van der Waals surface area contributed by atoms with Crippen molar-refractivity contribution in [3.63, 3.8) is 0 Å². The zero-order chi connectivity index (χ0) is 18.9. The first-order valence-electron chi connectivity index (χ1n) is 9.05. The van der Waals surface area contributed by atoms with Crippen LogP contribution >= 0.6 is 0 Å². The maximum Gasteiger partial charge on any atom is 0.271 e. The minimum Gasteiger partial charge on any atom is -0.310 e. The van der Waals surface area contributed by atoms with Crippen LogP contribution < -0.4 is 5.56 Å². The number of sulfonamides is 1. The molecule has 0 spiro atoms. The Labute approximate surface area is 155 Å². The third-order valence-corrected chi connectivity index (χ3v) is 7.10. The topological polar surface area (TPSA) is 59.4 Å². The van der Waals surface area contributed by atoms with Gasteiger partial charge in [-0.1, -0.05) is 30.7 Å². The summed E-state index contributed by atoms with van der Waals surface area (Å²) in [4.78, 5) is 12.8. The highest BCUT2D eigenvalue weighted by Crippen LogP contribution is 2.22. The number of benzene rings is 1. The predicted molar refractivity (Wildman–Crippen MR) is 103 cm³/mol. The fraction of sp³-hybridized carbons (Fsp3) is 0.450. The second-order valence-corrected chi connectivity index (χ2v) is 9.23. The van der Waals surface area contributed by atoms with Crippen molar-refractivity contribution < 1.29 is 8.42 Å². The number of hydrogen-bond donors (Lipinski definition) is 0. The van der Waals surface area contributed by atoms with Gasteiger partial charge in [0.1, 0.15) is 4.90 Å². The molecule has 1 saturated heterocycles. The highest BCUT2D eigenvalue weighted by molar-refractivity contribution is 7.89. The Morgan fingerprint density at radius 2 is 1.81 bits per heavy atom. The number of nitrogens with zero attached hydrogens (tertiary/aromatic N) is 2. The molecular weight excluding hydrogens is 348 g/mol. The normalized spacial score (nSPS) is 16.7. The summed E-state index contributed by atoms with van der Waals surface area (Å²) >= 11 is 0. The van der Waals surface area contributed by atoms with E-state index in [1.807, 2.05) is 32.0 Å². The largest absolute Gasteiger partial charge is 0.310 e. The lowest BCUT2D eigenvalue weighted by Crippen LogP contribution is -2.40. The van der Waals surface area contributed by atoms with E-state index >= 15 is 0 Å². The molecule has 1 aliphatic heterocycles. The quantitative estimate of drug-likeness (QED) is 0.827. The standard InChI is InChI=1S/C20H26N2O3S/c1-15-8-11-22(12-9-15)26(24,25)19-5-4-10-21(20(19)23)14-18-13-16(2)6-7-17(18)3/h4-7,10,13,15H,8-9,11-12,14H2,1-3H3. The maximum absolute atomic E-state index is 13.0. The van der Waals surface area contributed by atoms with Crippen LogP contribution in [0.2, 0.25) is 0 Å². The molecule has 0 N–H and O–H groups in total. The molecule has 1 aliphatic rings. The Morgan fingerprint density at radius 3 is 2.50 bits per heavy atom. The van der Waals surface area contributed by atoms with Gasteiger partial charge in [-0.2, -0.15) is 4.31 Å². The summed E-state index contributed by atoms with van der Waals surface area (Å²) in [5.74, 6) is 0.526. The molecule has 0 amide bonds. The number of pyridine rings is 1. The summed E-state index contributed by atoms with van der Waals surface area (Å²) in [6.07, 6.45) is 3.33. The molecule has 140 valence electrons. The van der Waals surface area contributed by atoms with E-state index < -0.39 is 15.6 Å². The third kappa shape index (κ3) is 3.76. The Kier molecular flexibility index (Phi) is 5.34. The van der Waals surface area contributed by atoms with E-state index in [0.717, 1.165) is 29.5 Å². The molecule has 0 unspecified atom stereocenters. The Morgan fingerprint density at radius 1 is 1.12 bits per heavy atom. The van der Waals surface area contributed by atoms with Gasteiger partial charge in [-0.25, -0.2) is 8.42 Å². The van der Waals surface area contributed by atoms with Gasteiger partial charge in [0.05, 0.1) is 6.54 Å². The molecule has 1 fully saturated rings. The van der Waals surface area contributed by atoms with Crippen LogP contribution in [0.15, 0.2) is 46.2 Å². The third-order valence-electron chi connectivity index (χ3n) is 5.19. The van der Waals surface area contributed by atoms with E-state index in [0.29, 0.717) is 25.6 Å². The number of aromatic nitrogens is 1. The lowest BCUT2D eigenvalue weighted by Gasteiger charge is -2.29. The second-order valence-electron chi connectivity index (χ2n) is 7.32. The Bertz CT molecular complexity index is 955. The van der Waals surface area contributed by atoms with Crippen LogP contribution in [0, 0.1) is 19.8 Å². The van der Waals surface area contributed by atoms with Gasteiger partial charge >= 0.3 is 0 Å². The van der Waals surface area contributed by atoms with Crippen molar-refractivity contribution in [3.8, 4) is 0 Å². The molecule has 0 bridgehead atoms. The van der Waals surface area contributed by atoms with Crippen LogP contribution in [0.4, 0.5) is 0 Å². The molecule has 1 aromatic carbocycles. The molecular formula is C20H26N2O3S. The molecule has 3 rings (SSSR count). The van der Waals surface area contributed by atoms with E-state index in [-0.39, 0.29) is 4.90 Å². The number of piperidine rings is 1. The zero-order valence-electron chi connectivity index (χ0n) is 15.6. The van der Waals surface area contributed by atoms with E-state index in [1.54, 1.807) is 12.3 Å². The molecule has 26 heavy (non-hydrogen) atoms.